The monoisotopic (exact) mass is 652 g/mol. The van der Waals surface area contributed by atoms with Gasteiger partial charge in [0.25, 0.3) is 11.6 Å². The van der Waals surface area contributed by atoms with Crippen LogP contribution in [0.4, 0.5) is 42.5 Å². The molecular formula is C26H26F6N4O9. The number of anilines is 1. The zero-order chi connectivity index (χ0) is 33.7. The van der Waals surface area contributed by atoms with Gasteiger partial charge in [0, 0.05) is 24.7 Å². The molecule has 0 saturated carbocycles. The Morgan fingerprint density at radius 2 is 1.76 bits per heavy atom. The molecule has 2 amide bonds. The average Bonchev–Trinajstić information content (AvgIpc) is 3.03. The quantitative estimate of drug-likeness (QED) is 0.108. The Kier molecular flexibility index (Phi) is 10.5. The summed E-state index contributed by atoms with van der Waals surface area (Å²) < 4.78 is 93.5. The van der Waals surface area contributed by atoms with E-state index < -0.39 is 84.8 Å². The van der Waals surface area contributed by atoms with E-state index in [0.717, 1.165) is 48.2 Å². The van der Waals surface area contributed by atoms with Gasteiger partial charge in [-0.15, -0.1) is 0 Å². The fraction of sp³-hybridized carbons (Fsp3) is 0.423. The van der Waals surface area contributed by atoms with E-state index in [1.165, 1.54) is 18.3 Å². The van der Waals surface area contributed by atoms with Crippen molar-refractivity contribution in [2.75, 3.05) is 31.1 Å². The van der Waals surface area contributed by atoms with E-state index in [9.17, 15) is 55.9 Å². The highest BCUT2D eigenvalue weighted by Gasteiger charge is 2.57. The normalized spacial score (nSPS) is 18.2. The van der Waals surface area contributed by atoms with Crippen molar-refractivity contribution < 1.29 is 65.0 Å². The van der Waals surface area contributed by atoms with E-state index in [-0.39, 0.29) is 22.9 Å². The molecule has 246 valence electrons. The Hall–Kier alpha value is -4.65. The predicted octanol–water partition coefficient (Wildman–Crippen LogP) is 3.09. The maximum Gasteiger partial charge on any atom is 0.513 e. The number of non-ortho nitro benzene ring substituents is 1. The number of fused-ring (bicyclic) bond motifs is 1. The average molecular weight is 653 g/mol. The SMILES string of the molecule is C[C@H]1Oc2ccc(F)cc2N(CCOC(=O)Oc2ccc([N+](=O)[O-])cc2)C(=O)[C@H]1NC[C@](C)(O)C(=O)NCC(F)(F)C(F)(F)F. The molecule has 13 nitrogen and oxygen atoms in total. The van der Waals surface area contributed by atoms with Gasteiger partial charge in [-0.05, 0) is 38.1 Å². The maximum absolute atomic E-state index is 14.2. The maximum atomic E-state index is 14.2. The number of nitro benzene ring substituents is 1. The van der Waals surface area contributed by atoms with Gasteiger partial charge in [0.15, 0.2) is 5.60 Å². The Bertz CT molecular complexity index is 1420. The summed E-state index contributed by atoms with van der Waals surface area (Å²) in [5, 5.41) is 25.1. The molecule has 1 aliphatic heterocycles. The third kappa shape index (κ3) is 8.72. The van der Waals surface area contributed by atoms with Crippen LogP contribution in [-0.2, 0) is 14.3 Å². The van der Waals surface area contributed by atoms with Crippen LogP contribution in [0.25, 0.3) is 0 Å². The van der Waals surface area contributed by atoms with Crippen molar-refractivity contribution in [1.29, 1.82) is 0 Å². The largest absolute Gasteiger partial charge is 0.513 e. The van der Waals surface area contributed by atoms with Crippen LogP contribution in [0.5, 0.6) is 11.5 Å². The summed E-state index contributed by atoms with van der Waals surface area (Å²) in [7, 11) is 0. The van der Waals surface area contributed by atoms with Crippen LogP contribution >= 0.6 is 0 Å². The molecule has 2 aromatic carbocycles. The van der Waals surface area contributed by atoms with E-state index in [4.69, 9.17) is 14.2 Å². The fourth-order valence-corrected chi connectivity index (χ4v) is 3.89. The first-order valence-corrected chi connectivity index (χ1v) is 12.9. The second-order valence-corrected chi connectivity index (χ2v) is 9.89. The van der Waals surface area contributed by atoms with Crippen molar-refractivity contribution in [3.05, 3.63) is 58.4 Å². The molecule has 0 aromatic heterocycles. The zero-order valence-corrected chi connectivity index (χ0v) is 23.4. The number of alkyl halides is 5. The van der Waals surface area contributed by atoms with E-state index in [2.05, 4.69) is 5.32 Å². The standard InChI is InChI=1S/C26H26F6N4O9/c1-14-20(33-12-24(2,40)22(38)34-13-25(28,29)26(30,31)32)21(37)35(18-11-15(27)3-8-19(18)44-14)9-10-43-23(39)45-17-6-4-16(5-7-17)36(41)42/h3-8,11,14,20,33,40H,9-10,12-13H2,1-2H3,(H,34,38)/t14-,20+,24+/m1/s1. The smallest absolute Gasteiger partial charge is 0.486 e. The number of nitro groups is 1. The zero-order valence-electron chi connectivity index (χ0n) is 23.4. The lowest BCUT2D eigenvalue weighted by molar-refractivity contribution is -0.384. The number of benzene rings is 2. The molecule has 3 rings (SSSR count). The Morgan fingerprint density at radius 3 is 2.36 bits per heavy atom. The van der Waals surface area contributed by atoms with Crippen LogP contribution in [-0.4, -0.2) is 84.1 Å². The summed E-state index contributed by atoms with van der Waals surface area (Å²) in [6.07, 6.45) is -8.27. The second kappa shape index (κ2) is 13.6. The van der Waals surface area contributed by atoms with E-state index >= 15 is 0 Å². The van der Waals surface area contributed by atoms with Gasteiger partial charge in [-0.2, -0.15) is 22.0 Å². The van der Waals surface area contributed by atoms with Crippen molar-refractivity contribution in [3.63, 3.8) is 0 Å². The van der Waals surface area contributed by atoms with Crippen LogP contribution in [0, 0.1) is 15.9 Å². The molecule has 0 fully saturated rings. The van der Waals surface area contributed by atoms with Gasteiger partial charge in [0.05, 0.1) is 23.7 Å². The van der Waals surface area contributed by atoms with Gasteiger partial charge in [0.2, 0.25) is 5.91 Å². The molecule has 45 heavy (non-hydrogen) atoms. The molecule has 0 saturated heterocycles. The molecular weight excluding hydrogens is 626 g/mol. The molecule has 0 aliphatic carbocycles. The highest BCUT2D eigenvalue weighted by atomic mass is 19.4. The molecule has 0 radical (unpaired) electrons. The van der Waals surface area contributed by atoms with Crippen molar-refractivity contribution in [2.45, 2.75) is 43.7 Å². The number of rotatable bonds is 11. The van der Waals surface area contributed by atoms with Crippen LogP contribution in [0.1, 0.15) is 13.8 Å². The van der Waals surface area contributed by atoms with Crippen molar-refractivity contribution in [3.8, 4) is 11.5 Å². The van der Waals surface area contributed by atoms with Crippen LogP contribution in [0.15, 0.2) is 42.5 Å². The number of amides is 2. The van der Waals surface area contributed by atoms with Crippen molar-refractivity contribution in [2.24, 2.45) is 0 Å². The molecule has 3 N–H and O–H groups in total. The van der Waals surface area contributed by atoms with Gasteiger partial charge < -0.3 is 29.5 Å². The number of nitrogens with zero attached hydrogens (tertiary/aromatic N) is 2. The van der Waals surface area contributed by atoms with Crippen LogP contribution < -0.4 is 25.0 Å². The van der Waals surface area contributed by atoms with E-state index in [1.807, 2.05) is 0 Å². The van der Waals surface area contributed by atoms with Crippen molar-refractivity contribution >= 4 is 29.3 Å². The number of carbonyl (C=O) groups excluding carboxylic acids is 3. The molecule has 0 spiro atoms. The summed E-state index contributed by atoms with van der Waals surface area (Å²) in [5.41, 5.74) is -2.95. The Morgan fingerprint density at radius 1 is 1.11 bits per heavy atom. The first-order chi connectivity index (χ1) is 20.8. The number of aliphatic hydroxyl groups is 1. The number of halogens is 6. The first-order valence-electron chi connectivity index (χ1n) is 12.9. The molecule has 19 heteroatoms. The number of ether oxygens (including phenoxy) is 3. The predicted molar refractivity (Wildman–Crippen MR) is 140 cm³/mol. The third-order valence-corrected chi connectivity index (χ3v) is 6.35. The van der Waals surface area contributed by atoms with Crippen molar-refractivity contribution in [1.82, 2.24) is 10.6 Å². The lowest BCUT2D eigenvalue weighted by atomic mass is 10.0. The minimum absolute atomic E-state index is 0.00823. The minimum atomic E-state index is -5.95. The fourth-order valence-electron chi connectivity index (χ4n) is 3.89. The van der Waals surface area contributed by atoms with Gasteiger partial charge >= 0.3 is 18.3 Å². The van der Waals surface area contributed by atoms with E-state index in [1.54, 1.807) is 0 Å². The number of hydrogen-bond donors (Lipinski definition) is 3. The first kappa shape index (κ1) is 34.8. The summed E-state index contributed by atoms with van der Waals surface area (Å²) in [6, 6.07) is 6.22. The number of hydrogen-bond acceptors (Lipinski definition) is 10. The molecule has 2 aromatic rings. The molecule has 0 bridgehead atoms. The second-order valence-electron chi connectivity index (χ2n) is 9.89. The summed E-state index contributed by atoms with van der Waals surface area (Å²) in [5.74, 6) is -8.58. The highest BCUT2D eigenvalue weighted by Crippen LogP contribution is 2.35. The van der Waals surface area contributed by atoms with Gasteiger partial charge in [-0.25, -0.2) is 9.18 Å². The van der Waals surface area contributed by atoms with Crippen LogP contribution in [0.2, 0.25) is 0 Å². The molecule has 3 atom stereocenters. The molecule has 1 aliphatic rings. The summed E-state index contributed by atoms with van der Waals surface area (Å²) in [6.45, 7) is -1.72. The molecule has 1 heterocycles. The third-order valence-electron chi connectivity index (χ3n) is 6.35. The summed E-state index contributed by atoms with van der Waals surface area (Å²) >= 11 is 0. The van der Waals surface area contributed by atoms with Gasteiger partial charge in [-0.1, -0.05) is 0 Å². The number of nitrogens with one attached hydrogen (secondary N) is 2. The summed E-state index contributed by atoms with van der Waals surface area (Å²) in [4.78, 5) is 49.0. The lowest BCUT2D eigenvalue weighted by Gasteiger charge is -2.30. The highest BCUT2D eigenvalue weighted by molar-refractivity contribution is 5.99. The van der Waals surface area contributed by atoms with Gasteiger partial charge in [0.1, 0.15) is 36.1 Å². The molecule has 0 unspecified atom stereocenters. The van der Waals surface area contributed by atoms with Crippen LogP contribution in [0.3, 0.4) is 0 Å². The minimum Gasteiger partial charge on any atom is -0.486 e. The number of carbonyl (C=O) groups is 3. The Labute approximate surface area is 250 Å². The topological polar surface area (TPSA) is 170 Å². The Balaban J connectivity index is 1.69. The van der Waals surface area contributed by atoms with Gasteiger partial charge in [-0.3, -0.25) is 25.0 Å². The lowest BCUT2D eigenvalue weighted by Crippen LogP contribution is -2.60. The van der Waals surface area contributed by atoms with E-state index in [0.29, 0.717) is 0 Å².